The average Bonchev–Trinajstić information content (AvgIpc) is 3.38. The molecule has 4 rings (SSSR count). The van der Waals surface area contributed by atoms with E-state index in [4.69, 9.17) is 5.73 Å². The second kappa shape index (κ2) is 7.69. The SMILES string of the molecule is C[C@@H](CC1CC1)NCc1ccccc1NS(=O)(=O)c1ccc2nc(N)sc2c1. The van der Waals surface area contributed by atoms with Gasteiger partial charge in [0.05, 0.1) is 20.8 Å². The first-order valence-corrected chi connectivity index (χ1v) is 11.7. The van der Waals surface area contributed by atoms with Crippen molar-refractivity contribution in [3.8, 4) is 0 Å². The van der Waals surface area contributed by atoms with Gasteiger partial charge in [-0.1, -0.05) is 42.4 Å². The van der Waals surface area contributed by atoms with E-state index in [9.17, 15) is 8.42 Å². The second-order valence-electron chi connectivity index (χ2n) is 7.41. The number of hydrogen-bond donors (Lipinski definition) is 3. The molecule has 1 aliphatic rings. The molecular formula is C20H24N4O2S2. The third-order valence-electron chi connectivity index (χ3n) is 4.97. The lowest BCUT2D eigenvalue weighted by molar-refractivity contribution is 0.488. The van der Waals surface area contributed by atoms with Crippen molar-refractivity contribution in [3.05, 3.63) is 48.0 Å². The summed E-state index contributed by atoms with van der Waals surface area (Å²) >= 11 is 1.28. The molecule has 2 aromatic carbocycles. The van der Waals surface area contributed by atoms with Gasteiger partial charge in [0, 0.05) is 12.6 Å². The summed E-state index contributed by atoms with van der Waals surface area (Å²) in [6.07, 6.45) is 3.84. The number of anilines is 2. The summed E-state index contributed by atoms with van der Waals surface area (Å²) in [4.78, 5) is 4.38. The van der Waals surface area contributed by atoms with E-state index in [0.717, 1.165) is 16.2 Å². The van der Waals surface area contributed by atoms with Crippen LogP contribution in [0.15, 0.2) is 47.4 Å². The zero-order valence-corrected chi connectivity index (χ0v) is 17.3. The van der Waals surface area contributed by atoms with Crippen LogP contribution in [0.5, 0.6) is 0 Å². The van der Waals surface area contributed by atoms with Crippen LogP contribution < -0.4 is 15.8 Å². The molecule has 1 saturated carbocycles. The third kappa shape index (κ3) is 4.45. The second-order valence-corrected chi connectivity index (χ2v) is 10.1. The molecule has 8 heteroatoms. The van der Waals surface area contributed by atoms with Gasteiger partial charge in [0.2, 0.25) is 0 Å². The fourth-order valence-corrected chi connectivity index (χ4v) is 5.26. The van der Waals surface area contributed by atoms with Gasteiger partial charge in [-0.3, -0.25) is 4.72 Å². The normalized spacial score (nSPS) is 15.6. The maximum absolute atomic E-state index is 12.9. The van der Waals surface area contributed by atoms with Gasteiger partial charge in [0.25, 0.3) is 10.0 Å². The monoisotopic (exact) mass is 416 g/mol. The van der Waals surface area contributed by atoms with Crippen molar-refractivity contribution in [2.75, 3.05) is 10.5 Å². The van der Waals surface area contributed by atoms with E-state index in [2.05, 4.69) is 21.9 Å². The van der Waals surface area contributed by atoms with Crippen LogP contribution in [-0.4, -0.2) is 19.4 Å². The van der Waals surface area contributed by atoms with Crippen LogP contribution in [0.4, 0.5) is 10.8 Å². The molecule has 1 atom stereocenters. The Bertz CT molecular complexity index is 1090. The Morgan fingerprint density at radius 3 is 2.82 bits per heavy atom. The number of benzene rings is 2. The maximum atomic E-state index is 12.9. The van der Waals surface area contributed by atoms with Crippen LogP contribution in [0, 0.1) is 5.92 Å². The fourth-order valence-electron chi connectivity index (χ4n) is 3.29. The Morgan fingerprint density at radius 2 is 2.04 bits per heavy atom. The van der Waals surface area contributed by atoms with Crippen LogP contribution in [0.3, 0.4) is 0 Å². The van der Waals surface area contributed by atoms with Crippen LogP contribution in [0.2, 0.25) is 0 Å². The molecule has 1 fully saturated rings. The molecule has 0 bridgehead atoms. The molecule has 0 amide bonds. The van der Waals surface area contributed by atoms with Crippen molar-refractivity contribution in [2.45, 2.75) is 43.7 Å². The highest BCUT2D eigenvalue weighted by Crippen LogP contribution is 2.33. The van der Waals surface area contributed by atoms with Gasteiger partial charge in [-0.2, -0.15) is 0 Å². The molecule has 1 aromatic heterocycles. The van der Waals surface area contributed by atoms with E-state index in [1.165, 1.54) is 30.6 Å². The van der Waals surface area contributed by atoms with Crippen LogP contribution >= 0.6 is 11.3 Å². The first kappa shape index (κ1) is 19.2. The predicted octanol–water partition coefficient (Wildman–Crippen LogP) is 3.96. The lowest BCUT2D eigenvalue weighted by Crippen LogP contribution is -2.26. The lowest BCUT2D eigenvalue weighted by Gasteiger charge is -2.16. The minimum Gasteiger partial charge on any atom is -0.375 e. The van der Waals surface area contributed by atoms with Gasteiger partial charge >= 0.3 is 0 Å². The van der Waals surface area contributed by atoms with Crippen molar-refractivity contribution < 1.29 is 8.42 Å². The van der Waals surface area contributed by atoms with Gasteiger partial charge in [-0.25, -0.2) is 13.4 Å². The quantitative estimate of drug-likeness (QED) is 0.516. The molecule has 0 unspecified atom stereocenters. The molecule has 0 aliphatic heterocycles. The minimum atomic E-state index is -3.71. The molecule has 4 N–H and O–H groups in total. The largest absolute Gasteiger partial charge is 0.375 e. The molecule has 1 aliphatic carbocycles. The highest BCUT2D eigenvalue weighted by Gasteiger charge is 2.23. The van der Waals surface area contributed by atoms with Gasteiger partial charge in [0.15, 0.2) is 5.13 Å². The Kier molecular flexibility index (Phi) is 5.27. The number of aromatic nitrogens is 1. The summed E-state index contributed by atoms with van der Waals surface area (Å²) in [5.74, 6) is 0.854. The summed E-state index contributed by atoms with van der Waals surface area (Å²) in [7, 11) is -3.71. The van der Waals surface area contributed by atoms with Crippen molar-refractivity contribution >= 4 is 42.4 Å². The molecule has 6 nitrogen and oxygen atoms in total. The van der Waals surface area contributed by atoms with Gasteiger partial charge < -0.3 is 11.1 Å². The number of thiazole rings is 1. The van der Waals surface area contributed by atoms with Gasteiger partial charge in [-0.05, 0) is 49.1 Å². The Labute approximate surface area is 169 Å². The molecule has 148 valence electrons. The number of nitrogens with zero attached hydrogens (tertiary/aromatic N) is 1. The summed E-state index contributed by atoms with van der Waals surface area (Å²) in [6.45, 7) is 2.80. The van der Waals surface area contributed by atoms with Crippen LogP contribution in [0.1, 0.15) is 31.7 Å². The van der Waals surface area contributed by atoms with Crippen molar-refractivity contribution in [3.63, 3.8) is 0 Å². The van der Waals surface area contributed by atoms with Crippen molar-refractivity contribution in [2.24, 2.45) is 5.92 Å². The van der Waals surface area contributed by atoms with Crippen molar-refractivity contribution in [1.82, 2.24) is 10.3 Å². The van der Waals surface area contributed by atoms with E-state index in [0.29, 0.717) is 28.9 Å². The highest BCUT2D eigenvalue weighted by molar-refractivity contribution is 7.92. The number of nitrogens with two attached hydrogens (primary N) is 1. The molecule has 3 aromatic rings. The number of nitrogen functional groups attached to an aromatic ring is 1. The van der Waals surface area contributed by atoms with Crippen molar-refractivity contribution in [1.29, 1.82) is 0 Å². The molecule has 0 radical (unpaired) electrons. The van der Waals surface area contributed by atoms with Crippen LogP contribution in [0.25, 0.3) is 10.2 Å². The molecule has 1 heterocycles. The van der Waals surface area contributed by atoms with E-state index in [-0.39, 0.29) is 4.90 Å². The zero-order chi connectivity index (χ0) is 19.7. The standard InChI is InChI=1S/C20H24N4O2S2/c1-13(10-14-6-7-14)22-12-15-4-2-3-5-17(15)24-28(25,26)16-8-9-18-19(11-16)27-20(21)23-18/h2-5,8-9,11,13-14,22,24H,6-7,10,12H2,1H3,(H2,21,23)/t13-/m0/s1. The number of sulfonamides is 1. The Hall–Kier alpha value is -2.16. The smallest absolute Gasteiger partial charge is 0.261 e. The topological polar surface area (TPSA) is 97.1 Å². The van der Waals surface area contributed by atoms with Crippen LogP contribution in [-0.2, 0) is 16.6 Å². The third-order valence-corrected chi connectivity index (χ3v) is 7.18. The van der Waals surface area contributed by atoms with E-state index in [1.807, 2.05) is 18.2 Å². The first-order chi connectivity index (χ1) is 13.4. The summed E-state index contributed by atoms with van der Waals surface area (Å²) in [5.41, 5.74) is 7.95. The minimum absolute atomic E-state index is 0.202. The first-order valence-electron chi connectivity index (χ1n) is 9.41. The summed E-state index contributed by atoms with van der Waals surface area (Å²) in [5, 5.41) is 3.93. The summed E-state index contributed by atoms with van der Waals surface area (Å²) in [6, 6.07) is 12.8. The zero-order valence-electron chi connectivity index (χ0n) is 15.7. The number of para-hydroxylation sites is 1. The molecule has 28 heavy (non-hydrogen) atoms. The van der Waals surface area contributed by atoms with E-state index in [1.54, 1.807) is 24.3 Å². The van der Waals surface area contributed by atoms with E-state index >= 15 is 0 Å². The lowest BCUT2D eigenvalue weighted by atomic mass is 10.1. The number of nitrogens with one attached hydrogen (secondary N) is 2. The van der Waals surface area contributed by atoms with Gasteiger partial charge in [0.1, 0.15) is 0 Å². The maximum Gasteiger partial charge on any atom is 0.261 e. The highest BCUT2D eigenvalue weighted by atomic mass is 32.2. The summed E-state index contributed by atoms with van der Waals surface area (Å²) < 4.78 is 29.3. The average molecular weight is 417 g/mol. The number of fused-ring (bicyclic) bond motifs is 1. The predicted molar refractivity (Wildman–Crippen MR) is 115 cm³/mol. The Balaban J connectivity index is 1.51. The number of rotatable bonds is 8. The van der Waals surface area contributed by atoms with E-state index < -0.39 is 10.0 Å². The molecule has 0 saturated heterocycles. The van der Waals surface area contributed by atoms with Gasteiger partial charge in [-0.15, -0.1) is 0 Å². The molecule has 0 spiro atoms. The molecular weight excluding hydrogens is 392 g/mol. The Morgan fingerprint density at radius 1 is 1.25 bits per heavy atom. The number of hydrogen-bond acceptors (Lipinski definition) is 6. The fraction of sp³-hybridized carbons (Fsp3) is 0.350.